The van der Waals surface area contributed by atoms with Crippen molar-refractivity contribution >= 4 is 34.9 Å². The molecule has 0 aromatic carbocycles. The highest BCUT2D eigenvalue weighted by atomic mass is 35.5. The molecule has 0 bridgehead atoms. The monoisotopic (exact) mass is 318 g/mol. The number of hydrogen-bond donors (Lipinski definition) is 1. The zero-order chi connectivity index (χ0) is 14.4. The number of aromatic nitrogens is 1. The Labute approximate surface area is 127 Å². The van der Waals surface area contributed by atoms with E-state index in [9.17, 15) is 4.79 Å². The maximum absolute atomic E-state index is 11.7. The van der Waals surface area contributed by atoms with Gasteiger partial charge in [-0.3, -0.25) is 4.79 Å². The van der Waals surface area contributed by atoms with Crippen LogP contribution in [0.3, 0.4) is 0 Å². The third kappa shape index (κ3) is 4.90. The van der Waals surface area contributed by atoms with Gasteiger partial charge in [-0.05, 0) is 12.8 Å². The van der Waals surface area contributed by atoms with Gasteiger partial charge in [0, 0.05) is 18.9 Å². The molecular weight excluding hydrogens is 303 g/mol. The van der Waals surface area contributed by atoms with E-state index in [0.29, 0.717) is 29.1 Å². The summed E-state index contributed by atoms with van der Waals surface area (Å²) in [6, 6.07) is 1.51. The number of nitrogens with zero attached hydrogens (tertiary/aromatic N) is 1. The van der Waals surface area contributed by atoms with Gasteiger partial charge in [0.05, 0.1) is 35.8 Å². The van der Waals surface area contributed by atoms with Crippen molar-refractivity contribution in [1.29, 1.82) is 0 Å². The van der Waals surface area contributed by atoms with E-state index in [-0.39, 0.29) is 18.4 Å². The van der Waals surface area contributed by atoms with Crippen LogP contribution in [0.4, 0.5) is 5.82 Å². The number of hydrogen-bond acceptors (Lipinski definition) is 4. The smallest absolute Gasteiger partial charge is 0.227 e. The Kier molecular flexibility index (Phi) is 6.04. The van der Waals surface area contributed by atoms with Gasteiger partial charge in [-0.25, -0.2) is 4.98 Å². The topological polar surface area (TPSA) is 60.5 Å². The van der Waals surface area contributed by atoms with Crippen LogP contribution in [0.25, 0.3) is 0 Å². The van der Waals surface area contributed by atoms with Gasteiger partial charge in [-0.15, -0.1) is 0 Å². The summed E-state index contributed by atoms with van der Waals surface area (Å²) in [5.74, 6) is 0.201. The van der Waals surface area contributed by atoms with Crippen LogP contribution in [-0.4, -0.2) is 36.8 Å². The molecule has 1 fully saturated rings. The number of ether oxygens (including phenoxy) is 2. The van der Waals surface area contributed by atoms with E-state index in [1.54, 1.807) is 0 Å². The van der Waals surface area contributed by atoms with Crippen molar-refractivity contribution in [2.45, 2.75) is 25.4 Å². The van der Waals surface area contributed by atoms with Crippen molar-refractivity contribution in [3.8, 4) is 0 Å². The molecule has 1 aliphatic heterocycles. The number of amides is 1. The SMILES string of the molecule is O=C(CCOCC1CCCO1)Nc1cc(Cl)c(Cl)cn1. The van der Waals surface area contributed by atoms with Crippen LogP contribution in [0.1, 0.15) is 19.3 Å². The maximum Gasteiger partial charge on any atom is 0.227 e. The molecule has 0 spiro atoms. The second-order valence-corrected chi connectivity index (χ2v) is 5.31. The Bertz CT molecular complexity index is 465. The van der Waals surface area contributed by atoms with E-state index in [0.717, 1.165) is 19.4 Å². The van der Waals surface area contributed by atoms with Gasteiger partial charge in [0.25, 0.3) is 0 Å². The molecule has 0 aliphatic carbocycles. The molecule has 2 heterocycles. The van der Waals surface area contributed by atoms with Crippen LogP contribution in [0.15, 0.2) is 12.3 Å². The number of carbonyl (C=O) groups excluding carboxylic acids is 1. The predicted octanol–water partition coefficient (Wildman–Crippen LogP) is 2.91. The first kappa shape index (κ1) is 15.5. The summed E-state index contributed by atoms with van der Waals surface area (Å²) in [6.45, 7) is 1.70. The maximum atomic E-state index is 11.7. The fourth-order valence-corrected chi connectivity index (χ4v) is 2.10. The fraction of sp³-hybridized carbons (Fsp3) is 0.538. The van der Waals surface area contributed by atoms with Crippen LogP contribution in [0.2, 0.25) is 10.0 Å². The number of pyridine rings is 1. The molecule has 20 heavy (non-hydrogen) atoms. The first-order valence-electron chi connectivity index (χ1n) is 6.45. The van der Waals surface area contributed by atoms with E-state index in [2.05, 4.69) is 10.3 Å². The summed E-state index contributed by atoms with van der Waals surface area (Å²) in [7, 11) is 0. The fourth-order valence-electron chi connectivity index (χ4n) is 1.84. The summed E-state index contributed by atoms with van der Waals surface area (Å²) in [5.41, 5.74) is 0. The van der Waals surface area contributed by atoms with E-state index in [1.165, 1.54) is 12.3 Å². The van der Waals surface area contributed by atoms with Crippen LogP contribution < -0.4 is 5.32 Å². The quantitative estimate of drug-likeness (QED) is 0.819. The Morgan fingerprint density at radius 2 is 2.35 bits per heavy atom. The van der Waals surface area contributed by atoms with Gasteiger partial charge in [-0.2, -0.15) is 0 Å². The Hall–Kier alpha value is -0.880. The second-order valence-electron chi connectivity index (χ2n) is 4.49. The van der Waals surface area contributed by atoms with Gasteiger partial charge < -0.3 is 14.8 Å². The van der Waals surface area contributed by atoms with Gasteiger partial charge in [0.2, 0.25) is 5.91 Å². The molecule has 1 amide bonds. The van der Waals surface area contributed by atoms with E-state index in [1.807, 2.05) is 0 Å². The van der Waals surface area contributed by atoms with Crippen molar-refractivity contribution in [2.75, 3.05) is 25.1 Å². The number of rotatable bonds is 6. The van der Waals surface area contributed by atoms with Crippen LogP contribution >= 0.6 is 23.2 Å². The predicted molar refractivity (Wildman–Crippen MR) is 77.3 cm³/mol. The van der Waals surface area contributed by atoms with Gasteiger partial charge >= 0.3 is 0 Å². The van der Waals surface area contributed by atoms with E-state index < -0.39 is 0 Å². The molecule has 5 nitrogen and oxygen atoms in total. The zero-order valence-corrected chi connectivity index (χ0v) is 12.4. The summed E-state index contributed by atoms with van der Waals surface area (Å²) >= 11 is 11.6. The lowest BCUT2D eigenvalue weighted by molar-refractivity contribution is -0.117. The lowest BCUT2D eigenvalue weighted by atomic mass is 10.2. The summed E-state index contributed by atoms with van der Waals surface area (Å²) in [4.78, 5) is 15.6. The molecule has 0 saturated carbocycles. The first-order valence-corrected chi connectivity index (χ1v) is 7.21. The zero-order valence-electron chi connectivity index (χ0n) is 10.9. The molecule has 7 heteroatoms. The van der Waals surface area contributed by atoms with Gasteiger partial charge in [-0.1, -0.05) is 23.2 Å². The molecular formula is C13H16Cl2N2O3. The molecule has 1 aromatic heterocycles. The summed E-state index contributed by atoms with van der Waals surface area (Å²) in [6.07, 6.45) is 3.94. The minimum Gasteiger partial charge on any atom is -0.378 e. The Morgan fingerprint density at radius 3 is 3.05 bits per heavy atom. The largest absolute Gasteiger partial charge is 0.378 e. The molecule has 1 aromatic rings. The van der Waals surface area contributed by atoms with Crippen molar-refractivity contribution < 1.29 is 14.3 Å². The normalized spacial score (nSPS) is 18.2. The third-order valence-electron chi connectivity index (χ3n) is 2.88. The van der Waals surface area contributed by atoms with E-state index >= 15 is 0 Å². The van der Waals surface area contributed by atoms with E-state index in [4.69, 9.17) is 32.7 Å². The highest BCUT2D eigenvalue weighted by Gasteiger charge is 2.15. The molecule has 1 aliphatic rings. The Balaban J connectivity index is 1.65. The molecule has 1 N–H and O–H groups in total. The second kappa shape index (κ2) is 7.78. The standard InChI is InChI=1S/C13H16Cl2N2O3/c14-10-6-12(16-7-11(10)15)17-13(18)3-5-19-8-9-2-1-4-20-9/h6-7,9H,1-5,8H2,(H,16,17,18). The van der Waals surface area contributed by atoms with Crippen molar-refractivity contribution in [3.63, 3.8) is 0 Å². The highest BCUT2D eigenvalue weighted by Crippen LogP contribution is 2.22. The number of halogens is 2. The molecule has 2 rings (SSSR count). The molecule has 1 unspecified atom stereocenters. The highest BCUT2D eigenvalue weighted by molar-refractivity contribution is 6.42. The van der Waals surface area contributed by atoms with Crippen molar-refractivity contribution in [1.82, 2.24) is 4.98 Å². The van der Waals surface area contributed by atoms with Gasteiger partial charge in [0.15, 0.2) is 0 Å². The number of carbonyl (C=O) groups is 1. The molecule has 1 atom stereocenters. The van der Waals surface area contributed by atoms with Crippen molar-refractivity contribution in [3.05, 3.63) is 22.3 Å². The lowest BCUT2D eigenvalue weighted by Gasteiger charge is -2.10. The summed E-state index contributed by atoms with van der Waals surface area (Å²) in [5, 5.41) is 3.34. The Morgan fingerprint density at radius 1 is 1.50 bits per heavy atom. The van der Waals surface area contributed by atoms with Crippen LogP contribution in [0.5, 0.6) is 0 Å². The van der Waals surface area contributed by atoms with Gasteiger partial charge in [0.1, 0.15) is 5.82 Å². The average Bonchev–Trinajstić information content (AvgIpc) is 2.92. The van der Waals surface area contributed by atoms with Crippen LogP contribution in [0, 0.1) is 0 Å². The number of anilines is 1. The molecule has 1 saturated heterocycles. The summed E-state index contributed by atoms with van der Waals surface area (Å²) < 4.78 is 10.8. The van der Waals surface area contributed by atoms with Crippen LogP contribution in [-0.2, 0) is 14.3 Å². The minimum atomic E-state index is -0.178. The van der Waals surface area contributed by atoms with Crippen molar-refractivity contribution in [2.24, 2.45) is 0 Å². The molecule has 0 radical (unpaired) electrons. The number of nitrogens with one attached hydrogen (secondary N) is 1. The lowest BCUT2D eigenvalue weighted by Crippen LogP contribution is -2.18. The third-order valence-corrected chi connectivity index (χ3v) is 3.59. The first-order chi connectivity index (χ1) is 9.65. The minimum absolute atomic E-state index is 0.176. The average molecular weight is 319 g/mol. The molecule has 110 valence electrons.